The summed E-state index contributed by atoms with van der Waals surface area (Å²) in [5, 5.41) is 12.8. The van der Waals surface area contributed by atoms with E-state index in [0.717, 1.165) is 31.0 Å². The van der Waals surface area contributed by atoms with Crippen LogP contribution in [0.5, 0.6) is 0 Å². The topological polar surface area (TPSA) is 56.9 Å². The monoisotopic (exact) mass is 331 g/mol. The Labute approximate surface area is 144 Å². The van der Waals surface area contributed by atoms with E-state index in [0.29, 0.717) is 5.92 Å². The highest BCUT2D eigenvalue weighted by molar-refractivity contribution is 5.28. The van der Waals surface area contributed by atoms with Crippen molar-refractivity contribution in [1.82, 2.24) is 24.9 Å². The van der Waals surface area contributed by atoms with E-state index < -0.39 is 0 Å². The first kappa shape index (κ1) is 17.2. The second-order valence-corrected chi connectivity index (χ2v) is 7.01. The van der Waals surface area contributed by atoms with Crippen LogP contribution in [0.4, 0.5) is 0 Å². The summed E-state index contributed by atoms with van der Waals surface area (Å²) in [5.41, 5.74) is 5.84. The van der Waals surface area contributed by atoms with Gasteiger partial charge in [0.1, 0.15) is 0 Å². The number of nitrogens with zero attached hydrogens (tertiary/aromatic N) is 4. The highest BCUT2D eigenvalue weighted by Gasteiger charge is 2.33. The molecule has 24 heavy (non-hydrogen) atoms. The average molecular weight is 331 g/mol. The van der Waals surface area contributed by atoms with Crippen LogP contribution in [0.1, 0.15) is 53.8 Å². The summed E-state index contributed by atoms with van der Waals surface area (Å²) in [6.07, 6.45) is 1.23. The number of hydrogen-bond donors (Lipinski definition) is 1. The van der Waals surface area contributed by atoms with Gasteiger partial charge in [-0.3, -0.25) is 9.36 Å². The summed E-state index contributed by atoms with van der Waals surface area (Å²) < 4.78 is 9.96. The lowest BCUT2D eigenvalue weighted by atomic mass is 9.93. The van der Waals surface area contributed by atoms with Crippen molar-refractivity contribution in [3.63, 3.8) is 0 Å². The largest absolute Gasteiger partial charge is 0.373 e. The Morgan fingerprint density at radius 3 is 2.58 bits per heavy atom. The van der Waals surface area contributed by atoms with Gasteiger partial charge in [-0.05, 0) is 40.2 Å². The molecule has 1 aliphatic rings. The first-order chi connectivity index (χ1) is 11.4. The van der Waals surface area contributed by atoms with Crippen LogP contribution in [-0.2, 0) is 18.8 Å². The predicted octanol–water partition coefficient (Wildman–Crippen LogP) is 2.51. The molecule has 2 aromatic heterocycles. The summed E-state index contributed by atoms with van der Waals surface area (Å²) in [7, 11) is 3.99. The zero-order chi connectivity index (χ0) is 17.4. The first-order valence-corrected chi connectivity index (χ1v) is 8.74. The van der Waals surface area contributed by atoms with E-state index in [1.807, 2.05) is 23.5 Å². The lowest BCUT2D eigenvalue weighted by Gasteiger charge is -2.21. The molecule has 1 unspecified atom stereocenters. The molecule has 0 bridgehead atoms. The summed E-state index contributed by atoms with van der Waals surface area (Å²) in [6, 6.07) is 2.39. The second-order valence-electron chi connectivity index (χ2n) is 7.01. The summed E-state index contributed by atoms with van der Waals surface area (Å²) >= 11 is 0. The van der Waals surface area contributed by atoms with Gasteiger partial charge in [-0.15, -0.1) is 0 Å². The Hall–Kier alpha value is -1.66. The third kappa shape index (κ3) is 3.13. The minimum absolute atomic E-state index is 0.142. The Balaban J connectivity index is 1.68. The van der Waals surface area contributed by atoms with Gasteiger partial charge >= 0.3 is 0 Å². The highest BCUT2D eigenvalue weighted by atomic mass is 16.5. The summed E-state index contributed by atoms with van der Waals surface area (Å²) in [6.45, 7) is 10.2. The fourth-order valence-corrected chi connectivity index (χ4v) is 3.60. The zero-order valence-electron chi connectivity index (χ0n) is 15.6. The Morgan fingerprint density at radius 1 is 1.25 bits per heavy atom. The smallest absolute Gasteiger partial charge is 0.0901 e. The lowest BCUT2D eigenvalue weighted by Crippen LogP contribution is -2.28. The van der Waals surface area contributed by atoms with Gasteiger partial charge in [0.2, 0.25) is 0 Å². The van der Waals surface area contributed by atoms with Crippen molar-refractivity contribution in [2.75, 3.05) is 13.2 Å². The van der Waals surface area contributed by atoms with E-state index >= 15 is 0 Å². The van der Waals surface area contributed by atoms with Crippen molar-refractivity contribution in [3.05, 3.63) is 34.4 Å². The van der Waals surface area contributed by atoms with Crippen LogP contribution in [0.3, 0.4) is 0 Å². The fraction of sp³-hybridized carbons (Fsp3) is 0.667. The van der Waals surface area contributed by atoms with Crippen LogP contribution in [-0.4, -0.2) is 32.7 Å². The number of hydrogen-bond acceptors (Lipinski definition) is 4. The quantitative estimate of drug-likeness (QED) is 0.914. The summed E-state index contributed by atoms with van der Waals surface area (Å²) in [4.78, 5) is 0. The van der Waals surface area contributed by atoms with Crippen LogP contribution in [0.2, 0.25) is 0 Å². The van der Waals surface area contributed by atoms with Crippen LogP contribution in [0, 0.1) is 26.7 Å². The molecule has 0 aliphatic carbocycles. The first-order valence-electron chi connectivity index (χ1n) is 8.74. The van der Waals surface area contributed by atoms with Crippen LogP contribution < -0.4 is 5.32 Å². The lowest BCUT2D eigenvalue weighted by molar-refractivity contribution is 0.0888. The Bertz CT molecular complexity index is 698. The van der Waals surface area contributed by atoms with E-state index in [1.165, 1.54) is 17.0 Å². The highest BCUT2D eigenvalue weighted by Crippen LogP contribution is 2.37. The van der Waals surface area contributed by atoms with Crippen molar-refractivity contribution < 1.29 is 4.74 Å². The Kier molecular flexibility index (Phi) is 4.78. The molecule has 0 spiro atoms. The van der Waals surface area contributed by atoms with Crippen molar-refractivity contribution >= 4 is 0 Å². The molecule has 2 aromatic rings. The molecule has 0 saturated carbocycles. The molecule has 6 nitrogen and oxygen atoms in total. The van der Waals surface area contributed by atoms with Gasteiger partial charge in [-0.2, -0.15) is 10.2 Å². The van der Waals surface area contributed by atoms with Gasteiger partial charge in [0, 0.05) is 56.2 Å². The van der Waals surface area contributed by atoms with Gasteiger partial charge < -0.3 is 10.1 Å². The van der Waals surface area contributed by atoms with Crippen LogP contribution in [0.25, 0.3) is 0 Å². The van der Waals surface area contributed by atoms with E-state index in [9.17, 15) is 0 Å². The van der Waals surface area contributed by atoms with E-state index in [2.05, 4.69) is 49.3 Å². The molecule has 0 amide bonds. The SMILES string of the molecule is Cc1nn(C)c(C)c1[C@H]1OCC[C@@H]1CNC(C)c1cc(C)n(C)n1. The molecule has 3 atom stereocenters. The van der Waals surface area contributed by atoms with Gasteiger partial charge in [-0.25, -0.2) is 0 Å². The standard InChI is InChI=1S/C18H29N5O/c1-11-9-16(21-22(11)5)12(2)19-10-15-7-8-24-18(15)17-13(3)20-23(6)14(17)4/h9,12,15,18-19H,7-8,10H2,1-6H3/t12?,15-,18+/m1/s1. The third-order valence-electron chi connectivity index (χ3n) is 5.33. The number of aromatic nitrogens is 4. The molecular formula is C18H29N5O. The fourth-order valence-electron chi connectivity index (χ4n) is 3.60. The average Bonchev–Trinajstić information content (AvgIpc) is 3.18. The minimum Gasteiger partial charge on any atom is -0.373 e. The molecule has 6 heteroatoms. The van der Waals surface area contributed by atoms with Crippen molar-refractivity contribution in [2.45, 2.75) is 46.3 Å². The van der Waals surface area contributed by atoms with Crippen molar-refractivity contribution in [3.8, 4) is 0 Å². The number of nitrogens with one attached hydrogen (secondary N) is 1. The molecular weight excluding hydrogens is 302 g/mol. The third-order valence-corrected chi connectivity index (χ3v) is 5.33. The van der Waals surface area contributed by atoms with E-state index in [4.69, 9.17) is 4.74 Å². The van der Waals surface area contributed by atoms with Crippen molar-refractivity contribution in [2.24, 2.45) is 20.0 Å². The van der Waals surface area contributed by atoms with Gasteiger partial charge in [0.15, 0.2) is 0 Å². The molecule has 1 aliphatic heterocycles. The molecule has 1 saturated heterocycles. The number of ether oxygens (including phenoxy) is 1. The number of rotatable bonds is 5. The molecule has 132 valence electrons. The van der Waals surface area contributed by atoms with Gasteiger partial charge in [0.25, 0.3) is 0 Å². The van der Waals surface area contributed by atoms with Crippen LogP contribution >= 0.6 is 0 Å². The second kappa shape index (κ2) is 6.69. The number of aryl methyl sites for hydroxylation is 4. The maximum Gasteiger partial charge on any atom is 0.0901 e. The Morgan fingerprint density at radius 2 is 2.00 bits per heavy atom. The predicted molar refractivity (Wildman–Crippen MR) is 93.8 cm³/mol. The molecule has 0 aromatic carbocycles. The maximum atomic E-state index is 6.07. The summed E-state index contributed by atoms with van der Waals surface area (Å²) in [5.74, 6) is 0.471. The van der Waals surface area contributed by atoms with Crippen LogP contribution in [0.15, 0.2) is 6.07 Å². The normalized spacial score (nSPS) is 22.2. The van der Waals surface area contributed by atoms with E-state index in [-0.39, 0.29) is 12.1 Å². The molecule has 3 heterocycles. The molecule has 3 rings (SSSR count). The maximum absolute atomic E-state index is 6.07. The molecule has 1 fully saturated rings. The molecule has 0 radical (unpaired) electrons. The van der Waals surface area contributed by atoms with Crippen molar-refractivity contribution in [1.29, 1.82) is 0 Å². The van der Waals surface area contributed by atoms with E-state index in [1.54, 1.807) is 0 Å². The minimum atomic E-state index is 0.142. The zero-order valence-corrected chi connectivity index (χ0v) is 15.6. The van der Waals surface area contributed by atoms with Gasteiger partial charge in [0.05, 0.1) is 17.5 Å². The van der Waals surface area contributed by atoms with Gasteiger partial charge in [-0.1, -0.05) is 0 Å². The molecule has 1 N–H and O–H groups in total.